The van der Waals surface area contributed by atoms with Crippen molar-refractivity contribution < 1.29 is 9.53 Å². The summed E-state index contributed by atoms with van der Waals surface area (Å²) in [5.41, 5.74) is 2.79. The highest BCUT2D eigenvalue weighted by Crippen LogP contribution is 2.25. The number of rotatable bonds is 7. The molecule has 4 aromatic rings. The van der Waals surface area contributed by atoms with Crippen LogP contribution in [0.25, 0.3) is 21.9 Å². The average Bonchev–Trinajstić information content (AvgIpc) is 3.30. The molecule has 5 rings (SSSR count). The SMILES string of the molecule is CN1CCC(Oc2cccc(C(=O)CNc3cc4cc(-c5cnn(C)c5)ccc4cn3)c2)CC1. The zero-order valence-electron chi connectivity index (χ0n) is 19.6. The maximum atomic E-state index is 12.8. The van der Waals surface area contributed by atoms with Crippen LogP contribution < -0.4 is 10.1 Å². The number of nitrogens with zero attached hydrogens (tertiary/aromatic N) is 4. The van der Waals surface area contributed by atoms with E-state index in [1.54, 1.807) is 4.68 Å². The van der Waals surface area contributed by atoms with Crippen molar-refractivity contribution in [3.05, 3.63) is 72.7 Å². The first-order valence-electron chi connectivity index (χ1n) is 11.6. The van der Waals surface area contributed by atoms with Gasteiger partial charge in [0.15, 0.2) is 5.78 Å². The molecule has 0 unspecified atom stereocenters. The monoisotopic (exact) mass is 455 g/mol. The number of nitrogens with one attached hydrogen (secondary N) is 1. The molecule has 0 amide bonds. The lowest BCUT2D eigenvalue weighted by Crippen LogP contribution is -2.35. The fourth-order valence-corrected chi connectivity index (χ4v) is 4.30. The average molecular weight is 456 g/mol. The molecule has 2 aromatic carbocycles. The van der Waals surface area contributed by atoms with E-state index in [1.807, 2.05) is 56.0 Å². The molecule has 0 bridgehead atoms. The Labute approximate surface area is 199 Å². The van der Waals surface area contributed by atoms with Crippen LogP contribution in [0.4, 0.5) is 5.82 Å². The van der Waals surface area contributed by atoms with E-state index in [9.17, 15) is 4.79 Å². The molecule has 0 saturated carbocycles. The first kappa shape index (κ1) is 22.1. The second kappa shape index (κ2) is 9.65. The van der Waals surface area contributed by atoms with Crippen LogP contribution in [0.15, 0.2) is 67.1 Å². The molecular formula is C27H29N5O2. The van der Waals surface area contributed by atoms with Gasteiger partial charge in [-0.15, -0.1) is 0 Å². The van der Waals surface area contributed by atoms with Crippen molar-refractivity contribution in [1.29, 1.82) is 0 Å². The molecule has 1 N–H and O–H groups in total. The molecule has 1 fully saturated rings. The van der Waals surface area contributed by atoms with Crippen molar-refractivity contribution >= 4 is 22.4 Å². The van der Waals surface area contributed by atoms with E-state index in [0.29, 0.717) is 11.4 Å². The zero-order valence-corrected chi connectivity index (χ0v) is 19.6. The molecule has 0 radical (unpaired) electrons. The van der Waals surface area contributed by atoms with Crippen LogP contribution in [0, 0.1) is 0 Å². The van der Waals surface area contributed by atoms with Crippen LogP contribution in [0.2, 0.25) is 0 Å². The van der Waals surface area contributed by atoms with Crippen LogP contribution >= 0.6 is 0 Å². The fourth-order valence-electron chi connectivity index (χ4n) is 4.30. The van der Waals surface area contributed by atoms with E-state index in [-0.39, 0.29) is 18.4 Å². The van der Waals surface area contributed by atoms with Crippen LogP contribution in [0.3, 0.4) is 0 Å². The molecular weight excluding hydrogens is 426 g/mol. The van der Waals surface area contributed by atoms with Gasteiger partial charge in [-0.1, -0.05) is 24.3 Å². The van der Waals surface area contributed by atoms with E-state index in [4.69, 9.17) is 4.74 Å². The predicted molar refractivity (Wildman–Crippen MR) is 134 cm³/mol. The second-order valence-electron chi connectivity index (χ2n) is 8.96. The lowest BCUT2D eigenvalue weighted by atomic mass is 10.0. The van der Waals surface area contributed by atoms with Crippen LogP contribution in [-0.2, 0) is 7.05 Å². The number of carbonyl (C=O) groups is 1. The van der Waals surface area contributed by atoms with Crippen LogP contribution in [-0.4, -0.2) is 58.2 Å². The van der Waals surface area contributed by atoms with E-state index in [1.165, 1.54) is 0 Å². The summed E-state index contributed by atoms with van der Waals surface area (Å²) in [6.45, 7) is 2.24. The first-order chi connectivity index (χ1) is 16.5. The van der Waals surface area contributed by atoms with Crippen molar-refractivity contribution in [2.24, 2.45) is 7.05 Å². The van der Waals surface area contributed by atoms with Gasteiger partial charge in [-0.2, -0.15) is 5.10 Å². The maximum absolute atomic E-state index is 12.8. The number of benzene rings is 2. The molecule has 3 heterocycles. The summed E-state index contributed by atoms with van der Waals surface area (Å²) in [7, 11) is 4.04. The molecule has 34 heavy (non-hydrogen) atoms. The molecule has 1 saturated heterocycles. The largest absolute Gasteiger partial charge is 0.490 e. The predicted octanol–water partition coefficient (Wildman–Crippen LogP) is 4.40. The van der Waals surface area contributed by atoms with Crippen LogP contribution in [0.5, 0.6) is 5.75 Å². The molecule has 0 atom stereocenters. The van der Waals surface area contributed by atoms with Gasteiger partial charge >= 0.3 is 0 Å². The topological polar surface area (TPSA) is 72.3 Å². The van der Waals surface area contributed by atoms with Gasteiger partial charge < -0.3 is 15.0 Å². The fraction of sp³-hybridized carbons (Fsp3) is 0.296. The standard InChI is InChI=1S/C27H29N5O2/c1-31-10-8-24(9-11-31)34-25-5-3-4-20(13-25)26(33)17-29-27-14-22-12-19(6-7-21(22)15-28-27)23-16-30-32(2)18-23/h3-7,12-16,18,24H,8-11,17H2,1-2H3,(H,28,29). The van der Waals surface area contributed by atoms with Gasteiger partial charge in [0.2, 0.25) is 0 Å². The molecule has 7 nitrogen and oxygen atoms in total. The highest BCUT2D eigenvalue weighted by atomic mass is 16.5. The third kappa shape index (κ3) is 5.10. The maximum Gasteiger partial charge on any atom is 0.182 e. The number of hydrogen-bond acceptors (Lipinski definition) is 6. The molecule has 1 aliphatic heterocycles. The minimum absolute atomic E-state index is 0.000153. The molecule has 2 aromatic heterocycles. The van der Waals surface area contributed by atoms with Gasteiger partial charge in [0.25, 0.3) is 0 Å². The van der Waals surface area contributed by atoms with Crippen molar-refractivity contribution in [3.63, 3.8) is 0 Å². The van der Waals surface area contributed by atoms with E-state index < -0.39 is 0 Å². The number of aryl methyl sites for hydroxylation is 1. The molecule has 0 aliphatic carbocycles. The number of ketones is 1. The summed E-state index contributed by atoms with van der Waals surface area (Å²) in [6.07, 6.45) is 7.89. The van der Waals surface area contributed by atoms with Gasteiger partial charge in [0.1, 0.15) is 17.7 Å². The Morgan fingerprint density at radius 3 is 2.68 bits per heavy atom. The Kier molecular flexibility index (Phi) is 6.27. The second-order valence-corrected chi connectivity index (χ2v) is 8.96. The van der Waals surface area contributed by atoms with Crippen molar-refractivity contribution in [3.8, 4) is 16.9 Å². The lowest BCUT2D eigenvalue weighted by molar-refractivity contribution is 0.100. The van der Waals surface area contributed by atoms with Gasteiger partial charge in [0.05, 0.1) is 12.7 Å². The van der Waals surface area contributed by atoms with Gasteiger partial charge in [0, 0.05) is 49.0 Å². The van der Waals surface area contributed by atoms with E-state index in [2.05, 4.69) is 45.5 Å². The van der Waals surface area contributed by atoms with Gasteiger partial charge in [-0.3, -0.25) is 9.48 Å². The molecule has 0 spiro atoms. The quantitative estimate of drug-likeness (QED) is 0.417. The number of anilines is 1. The Balaban J connectivity index is 1.24. The minimum Gasteiger partial charge on any atom is -0.490 e. The Bertz CT molecular complexity index is 1310. The van der Waals surface area contributed by atoms with Gasteiger partial charge in [-0.05, 0) is 55.1 Å². The number of fused-ring (bicyclic) bond motifs is 1. The summed E-state index contributed by atoms with van der Waals surface area (Å²) in [5, 5.41) is 9.53. The summed E-state index contributed by atoms with van der Waals surface area (Å²) in [6, 6.07) is 15.7. The Morgan fingerprint density at radius 1 is 1.03 bits per heavy atom. The normalized spacial score (nSPS) is 14.9. The Morgan fingerprint density at radius 2 is 1.88 bits per heavy atom. The number of Topliss-reactive ketones (excluding diaryl/α,β-unsaturated/α-hetero) is 1. The number of hydrogen-bond donors (Lipinski definition) is 1. The third-order valence-electron chi connectivity index (χ3n) is 6.31. The highest BCUT2D eigenvalue weighted by Gasteiger charge is 2.18. The van der Waals surface area contributed by atoms with Gasteiger partial charge in [-0.25, -0.2) is 4.98 Å². The highest BCUT2D eigenvalue weighted by molar-refractivity contribution is 5.99. The van der Waals surface area contributed by atoms with E-state index in [0.717, 1.165) is 53.6 Å². The summed E-state index contributed by atoms with van der Waals surface area (Å²) in [4.78, 5) is 19.6. The zero-order chi connectivity index (χ0) is 23.5. The number of piperidine rings is 1. The third-order valence-corrected chi connectivity index (χ3v) is 6.31. The number of aromatic nitrogens is 3. The smallest absolute Gasteiger partial charge is 0.182 e. The lowest BCUT2D eigenvalue weighted by Gasteiger charge is -2.29. The van der Waals surface area contributed by atoms with Crippen molar-refractivity contribution in [2.75, 3.05) is 32.0 Å². The Hall–Kier alpha value is -3.71. The van der Waals surface area contributed by atoms with Crippen LogP contribution in [0.1, 0.15) is 23.2 Å². The number of carbonyl (C=O) groups excluding carboxylic acids is 1. The number of ether oxygens (including phenoxy) is 1. The van der Waals surface area contributed by atoms with Crippen molar-refractivity contribution in [1.82, 2.24) is 19.7 Å². The molecule has 1 aliphatic rings. The number of likely N-dealkylation sites (tertiary alicyclic amines) is 1. The number of pyridine rings is 1. The molecule has 7 heteroatoms. The first-order valence-corrected chi connectivity index (χ1v) is 11.6. The minimum atomic E-state index is -0.000153. The van der Waals surface area contributed by atoms with E-state index >= 15 is 0 Å². The summed E-state index contributed by atoms with van der Waals surface area (Å²) >= 11 is 0. The van der Waals surface area contributed by atoms with Crippen molar-refractivity contribution in [2.45, 2.75) is 18.9 Å². The summed E-state index contributed by atoms with van der Waals surface area (Å²) in [5.74, 6) is 1.43. The summed E-state index contributed by atoms with van der Waals surface area (Å²) < 4.78 is 7.93. The molecule has 174 valence electrons.